The standard InChI is InChI=1S/C16H23BrN2OS/c1-16(2,12-3-5-13(17)6-4-12)19-15(20)11-21-14-7-9-18-10-8-14/h3-6,14,18H,7-11H2,1-2H3,(H,19,20). The molecular formula is C16H23BrN2OS. The lowest BCUT2D eigenvalue weighted by atomic mass is 9.94. The Bertz CT molecular complexity index is 470. The zero-order chi connectivity index (χ0) is 15.3. The van der Waals surface area contributed by atoms with Gasteiger partial charge >= 0.3 is 0 Å². The van der Waals surface area contributed by atoms with Crippen LogP contribution >= 0.6 is 27.7 Å². The zero-order valence-electron chi connectivity index (χ0n) is 12.6. The molecule has 0 radical (unpaired) electrons. The molecule has 0 aliphatic carbocycles. The first-order valence-electron chi connectivity index (χ1n) is 7.37. The molecule has 116 valence electrons. The molecule has 1 fully saturated rings. The average molecular weight is 371 g/mol. The van der Waals surface area contributed by atoms with Crippen molar-refractivity contribution in [2.45, 2.75) is 37.5 Å². The molecule has 1 amide bonds. The van der Waals surface area contributed by atoms with E-state index in [1.807, 2.05) is 38.1 Å². The van der Waals surface area contributed by atoms with Crippen LogP contribution in [0, 0.1) is 0 Å². The summed E-state index contributed by atoms with van der Waals surface area (Å²) in [7, 11) is 0. The molecule has 2 N–H and O–H groups in total. The predicted molar refractivity (Wildman–Crippen MR) is 93.7 cm³/mol. The number of hydrogen-bond donors (Lipinski definition) is 2. The maximum atomic E-state index is 12.2. The summed E-state index contributed by atoms with van der Waals surface area (Å²) in [6, 6.07) is 8.11. The normalized spacial score (nSPS) is 16.7. The summed E-state index contributed by atoms with van der Waals surface area (Å²) in [5.74, 6) is 0.663. The van der Waals surface area contributed by atoms with Gasteiger partial charge in [-0.25, -0.2) is 0 Å². The third kappa shape index (κ3) is 5.31. The van der Waals surface area contributed by atoms with Gasteiger partial charge in [0.25, 0.3) is 0 Å². The molecule has 1 aliphatic heterocycles. The summed E-state index contributed by atoms with van der Waals surface area (Å²) in [5.41, 5.74) is 0.776. The van der Waals surface area contributed by atoms with Gasteiger partial charge in [-0.15, -0.1) is 11.8 Å². The molecule has 0 aromatic heterocycles. The molecule has 0 atom stereocenters. The lowest BCUT2D eigenvalue weighted by molar-refractivity contribution is -0.120. The summed E-state index contributed by atoms with van der Waals surface area (Å²) in [4.78, 5) is 12.2. The number of hydrogen-bond acceptors (Lipinski definition) is 3. The summed E-state index contributed by atoms with van der Waals surface area (Å²) >= 11 is 5.22. The van der Waals surface area contributed by atoms with Gasteiger partial charge < -0.3 is 10.6 Å². The van der Waals surface area contributed by atoms with Crippen molar-refractivity contribution in [3.05, 3.63) is 34.3 Å². The van der Waals surface area contributed by atoms with E-state index in [1.54, 1.807) is 11.8 Å². The first-order valence-corrected chi connectivity index (χ1v) is 9.21. The van der Waals surface area contributed by atoms with Crippen LogP contribution in [0.1, 0.15) is 32.3 Å². The van der Waals surface area contributed by atoms with Crippen LogP contribution < -0.4 is 10.6 Å². The summed E-state index contributed by atoms with van der Waals surface area (Å²) < 4.78 is 1.05. The maximum absolute atomic E-state index is 12.2. The number of carbonyl (C=O) groups is 1. The monoisotopic (exact) mass is 370 g/mol. The van der Waals surface area contributed by atoms with Gasteiger partial charge in [0.15, 0.2) is 0 Å². The van der Waals surface area contributed by atoms with Crippen LogP contribution in [0.4, 0.5) is 0 Å². The Labute approximate surface area is 139 Å². The van der Waals surface area contributed by atoms with E-state index in [9.17, 15) is 4.79 Å². The fourth-order valence-electron chi connectivity index (χ4n) is 2.48. The molecule has 1 aromatic carbocycles. The second kappa shape index (κ2) is 7.65. The molecule has 1 heterocycles. The third-order valence-corrected chi connectivity index (χ3v) is 5.65. The van der Waals surface area contributed by atoms with E-state index in [-0.39, 0.29) is 11.4 Å². The minimum atomic E-state index is -0.341. The van der Waals surface area contributed by atoms with Crippen LogP contribution in [-0.2, 0) is 10.3 Å². The molecule has 5 heteroatoms. The molecule has 1 aromatic rings. The maximum Gasteiger partial charge on any atom is 0.230 e. The molecule has 0 bridgehead atoms. The minimum absolute atomic E-state index is 0.117. The highest BCUT2D eigenvalue weighted by Crippen LogP contribution is 2.23. The van der Waals surface area contributed by atoms with Crippen LogP contribution in [0.3, 0.4) is 0 Å². The molecule has 2 rings (SSSR count). The number of benzene rings is 1. The average Bonchev–Trinajstić information content (AvgIpc) is 2.46. The van der Waals surface area contributed by atoms with E-state index >= 15 is 0 Å². The highest BCUT2D eigenvalue weighted by molar-refractivity contribution is 9.10. The van der Waals surface area contributed by atoms with Gasteiger partial charge in [0.2, 0.25) is 5.91 Å². The molecular weight excluding hydrogens is 348 g/mol. The Balaban J connectivity index is 1.84. The lowest BCUT2D eigenvalue weighted by Crippen LogP contribution is -2.42. The predicted octanol–water partition coefficient (Wildman–Crippen LogP) is 3.29. The first kappa shape index (κ1) is 16.8. The molecule has 1 aliphatic rings. The van der Waals surface area contributed by atoms with E-state index in [4.69, 9.17) is 0 Å². The Hall–Kier alpha value is -0.520. The molecule has 0 spiro atoms. The Kier molecular flexibility index (Phi) is 6.14. The van der Waals surface area contributed by atoms with Crippen molar-refractivity contribution in [3.63, 3.8) is 0 Å². The SMILES string of the molecule is CC(C)(NC(=O)CSC1CCNCC1)c1ccc(Br)cc1. The van der Waals surface area contributed by atoms with Gasteiger partial charge in [-0.2, -0.15) is 0 Å². The van der Waals surface area contributed by atoms with Crippen molar-refractivity contribution in [3.8, 4) is 0 Å². The molecule has 3 nitrogen and oxygen atoms in total. The van der Waals surface area contributed by atoms with Crippen LogP contribution in [0.2, 0.25) is 0 Å². The minimum Gasteiger partial charge on any atom is -0.346 e. The Morgan fingerprint density at radius 3 is 2.57 bits per heavy atom. The van der Waals surface area contributed by atoms with E-state index in [1.165, 1.54) is 0 Å². The number of thioether (sulfide) groups is 1. The van der Waals surface area contributed by atoms with Crippen molar-refractivity contribution in [1.29, 1.82) is 0 Å². The topological polar surface area (TPSA) is 41.1 Å². The molecule has 1 saturated heterocycles. The summed E-state index contributed by atoms with van der Waals surface area (Å²) in [6.45, 7) is 6.24. The highest BCUT2D eigenvalue weighted by Gasteiger charge is 2.23. The second-order valence-electron chi connectivity index (χ2n) is 5.94. The highest BCUT2D eigenvalue weighted by atomic mass is 79.9. The van der Waals surface area contributed by atoms with Crippen molar-refractivity contribution >= 4 is 33.6 Å². The van der Waals surface area contributed by atoms with Gasteiger partial charge in [0, 0.05) is 9.72 Å². The van der Waals surface area contributed by atoms with E-state index in [2.05, 4.69) is 26.6 Å². The van der Waals surface area contributed by atoms with Crippen molar-refractivity contribution < 1.29 is 4.79 Å². The number of rotatable bonds is 5. The number of carbonyl (C=O) groups excluding carboxylic acids is 1. The van der Waals surface area contributed by atoms with Crippen molar-refractivity contribution in [2.24, 2.45) is 0 Å². The number of amides is 1. The molecule has 0 unspecified atom stereocenters. The largest absolute Gasteiger partial charge is 0.346 e. The fourth-order valence-corrected chi connectivity index (χ4v) is 3.77. The first-order chi connectivity index (χ1) is 9.97. The third-order valence-electron chi connectivity index (χ3n) is 3.75. The smallest absolute Gasteiger partial charge is 0.230 e. The van der Waals surface area contributed by atoms with Gasteiger partial charge in [0.1, 0.15) is 0 Å². The van der Waals surface area contributed by atoms with E-state index in [0.29, 0.717) is 11.0 Å². The van der Waals surface area contributed by atoms with Crippen LogP contribution in [-0.4, -0.2) is 30.0 Å². The second-order valence-corrected chi connectivity index (χ2v) is 8.14. The van der Waals surface area contributed by atoms with Gasteiger partial charge in [0.05, 0.1) is 11.3 Å². The van der Waals surface area contributed by atoms with Crippen molar-refractivity contribution in [2.75, 3.05) is 18.8 Å². The van der Waals surface area contributed by atoms with Crippen molar-refractivity contribution in [1.82, 2.24) is 10.6 Å². The zero-order valence-corrected chi connectivity index (χ0v) is 15.0. The summed E-state index contributed by atoms with van der Waals surface area (Å²) in [6.07, 6.45) is 2.32. The van der Waals surface area contributed by atoms with Gasteiger partial charge in [-0.3, -0.25) is 4.79 Å². The van der Waals surface area contributed by atoms with E-state index in [0.717, 1.165) is 36.0 Å². The van der Waals surface area contributed by atoms with Gasteiger partial charge in [-0.1, -0.05) is 28.1 Å². The number of nitrogens with one attached hydrogen (secondary N) is 2. The summed E-state index contributed by atoms with van der Waals surface area (Å²) in [5, 5.41) is 7.11. The van der Waals surface area contributed by atoms with Gasteiger partial charge in [-0.05, 0) is 57.5 Å². The Morgan fingerprint density at radius 1 is 1.33 bits per heavy atom. The van der Waals surface area contributed by atoms with E-state index < -0.39 is 0 Å². The fraction of sp³-hybridized carbons (Fsp3) is 0.562. The Morgan fingerprint density at radius 2 is 1.95 bits per heavy atom. The molecule has 0 saturated carbocycles. The lowest BCUT2D eigenvalue weighted by Gasteiger charge is -2.28. The van der Waals surface area contributed by atoms with Crippen LogP contribution in [0.5, 0.6) is 0 Å². The van der Waals surface area contributed by atoms with Crippen LogP contribution in [0.15, 0.2) is 28.7 Å². The molecule has 21 heavy (non-hydrogen) atoms. The quantitative estimate of drug-likeness (QED) is 0.835. The number of halogens is 1. The number of piperidine rings is 1. The van der Waals surface area contributed by atoms with Crippen LogP contribution in [0.25, 0.3) is 0 Å².